The molecule has 1 heterocycles. The summed E-state index contributed by atoms with van der Waals surface area (Å²) >= 11 is 0. The molecule has 2 aliphatic carbocycles. The Morgan fingerprint density at radius 2 is 1.76 bits per heavy atom. The topological polar surface area (TPSA) is 80.5 Å². The summed E-state index contributed by atoms with van der Waals surface area (Å²) in [5.74, 6) is -0.615. The van der Waals surface area contributed by atoms with Gasteiger partial charge in [-0.05, 0) is 18.3 Å². The number of nitrogens with zero attached hydrogens (tertiary/aromatic N) is 1. The Balaban J connectivity index is 1.80. The molecular weight excluding hydrogens is 220 g/mol. The van der Waals surface area contributed by atoms with Crippen molar-refractivity contribution in [3.63, 3.8) is 0 Å². The van der Waals surface area contributed by atoms with Crippen LogP contribution < -0.4 is 5.73 Å². The van der Waals surface area contributed by atoms with Gasteiger partial charge in [0, 0.05) is 13.0 Å². The van der Waals surface area contributed by atoms with E-state index in [-0.39, 0.29) is 48.5 Å². The Hall–Kier alpha value is -1.65. The lowest BCUT2D eigenvalue weighted by Gasteiger charge is -2.15. The van der Waals surface area contributed by atoms with Gasteiger partial charge < -0.3 is 5.73 Å². The van der Waals surface area contributed by atoms with Crippen LogP contribution in [-0.4, -0.2) is 29.2 Å². The van der Waals surface area contributed by atoms with Gasteiger partial charge >= 0.3 is 0 Å². The van der Waals surface area contributed by atoms with Crippen LogP contribution in [0.25, 0.3) is 0 Å². The van der Waals surface area contributed by atoms with Crippen molar-refractivity contribution < 1.29 is 14.4 Å². The molecule has 0 aromatic heterocycles. The fraction of sp³-hybridized carbons (Fsp3) is 0.583. The number of hydrogen-bond donors (Lipinski definition) is 1. The molecule has 3 amide bonds. The smallest absolute Gasteiger partial charge is 0.233 e. The van der Waals surface area contributed by atoms with Crippen molar-refractivity contribution in [2.45, 2.75) is 12.8 Å². The minimum atomic E-state index is -0.483. The van der Waals surface area contributed by atoms with E-state index in [1.54, 1.807) is 0 Å². The minimum absolute atomic E-state index is 0.0552. The number of amides is 3. The van der Waals surface area contributed by atoms with Crippen LogP contribution in [0.4, 0.5) is 0 Å². The first-order valence-corrected chi connectivity index (χ1v) is 5.91. The van der Waals surface area contributed by atoms with Gasteiger partial charge in [-0.3, -0.25) is 19.3 Å². The first-order chi connectivity index (χ1) is 8.09. The van der Waals surface area contributed by atoms with E-state index in [2.05, 4.69) is 12.2 Å². The molecule has 1 saturated carbocycles. The minimum Gasteiger partial charge on any atom is -0.370 e. The fourth-order valence-corrected chi connectivity index (χ4v) is 3.41. The van der Waals surface area contributed by atoms with Crippen molar-refractivity contribution in [1.29, 1.82) is 0 Å². The van der Waals surface area contributed by atoms with Crippen LogP contribution in [-0.2, 0) is 14.4 Å². The maximum atomic E-state index is 12.1. The lowest BCUT2D eigenvalue weighted by atomic mass is 9.85. The maximum Gasteiger partial charge on any atom is 0.233 e. The lowest BCUT2D eigenvalue weighted by molar-refractivity contribution is -0.140. The Morgan fingerprint density at radius 3 is 2.24 bits per heavy atom. The zero-order valence-corrected chi connectivity index (χ0v) is 9.33. The SMILES string of the molecule is NC(=O)CCN1C(=O)C2C(C1=O)[C@H]1C=C[C@@H]2C1. The number of nitrogens with two attached hydrogens (primary N) is 1. The van der Waals surface area contributed by atoms with Gasteiger partial charge in [0.1, 0.15) is 0 Å². The molecule has 0 aromatic carbocycles. The quantitative estimate of drug-likeness (QED) is 0.536. The Labute approximate surface area is 98.6 Å². The number of fused-ring (bicyclic) bond motifs is 5. The van der Waals surface area contributed by atoms with E-state index in [0.29, 0.717) is 0 Å². The molecule has 3 aliphatic rings. The molecule has 2 fully saturated rings. The second-order valence-electron chi connectivity index (χ2n) is 5.04. The first-order valence-electron chi connectivity index (χ1n) is 5.91. The third-order valence-electron chi connectivity index (χ3n) is 4.14. The molecule has 0 spiro atoms. The molecule has 2 N–H and O–H groups in total. The molecule has 1 aliphatic heterocycles. The van der Waals surface area contributed by atoms with Gasteiger partial charge in [0.05, 0.1) is 11.8 Å². The number of carbonyl (C=O) groups excluding carboxylic acids is 3. The van der Waals surface area contributed by atoms with Crippen molar-refractivity contribution in [3.05, 3.63) is 12.2 Å². The van der Waals surface area contributed by atoms with Crippen LogP contribution in [0, 0.1) is 23.7 Å². The lowest BCUT2D eigenvalue weighted by Crippen LogP contribution is -2.35. The van der Waals surface area contributed by atoms with Crippen LogP contribution in [0.15, 0.2) is 12.2 Å². The number of rotatable bonds is 3. The number of likely N-dealkylation sites (tertiary alicyclic amines) is 1. The molecule has 2 bridgehead atoms. The average Bonchev–Trinajstić information content (AvgIpc) is 2.92. The maximum absolute atomic E-state index is 12.1. The summed E-state index contributed by atoms with van der Waals surface area (Å²) in [4.78, 5) is 36.2. The molecule has 3 rings (SSSR count). The summed E-state index contributed by atoms with van der Waals surface area (Å²) in [6, 6.07) is 0. The van der Waals surface area contributed by atoms with Crippen molar-refractivity contribution in [1.82, 2.24) is 4.90 Å². The number of imide groups is 1. The summed E-state index contributed by atoms with van der Waals surface area (Å²) in [6.07, 6.45) is 5.08. The van der Waals surface area contributed by atoms with E-state index in [1.807, 2.05) is 0 Å². The van der Waals surface area contributed by atoms with Gasteiger partial charge in [0.15, 0.2) is 0 Å². The highest BCUT2D eigenvalue weighted by atomic mass is 16.2. The molecule has 17 heavy (non-hydrogen) atoms. The largest absolute Gasteiger partial charge is 0.370 e. The molecule has 0 radical (unpaired) electrons. The fourth-order valence-electron chi connectivity index (χ4n) is 3.41. The highest BCUT2D eigenvalue weighted by Crippen LogP contribution is 2.52. The molecule has 0 aromatic rings. The first kappa shape index (κ1) is 10.5. The van der Waals surface area contributed by atoms with Gasteiger partial charge in [-0.25, -0.2) is 0 Å². The van der Waals surface area contributed by atoms with Crippen molar-refractivity contribution in [3.8, 4) is 0 Å². The zero-order valence-electron chi connectivity index (χ0n) is 9.33. The highest BCUT2D eigenvalue weighted by Gasteiger charge is 2.58. The predicted molar refractivity (Wildman–Crippen MR) is 58.2 cm³/mol. The highest BCUT2D eigenvalue weighted by molar-refractivity contribution is 6.06. The number of hydrogen-bond acceptors (Lipinski definition) is 3. The number of carbonyl (C=O) groups is 3. The molecule has 5 heteroatoms. The Bertz CT molecular complexity index is 413. The molecule has 4 atom stereocenters. The molecule has 90 valence electrons. The van der Waals surface area contributed by atoms with E-state index in [0.717, 1.165) is 6.42 Å². The van der Waals surface area contributed by atoms with Crippen LogP contribution in [0.2, 0.25) is 0 Å². The van der Waals surface area contributed by atoms with Crippen LogP contribution in [0.5, 0.6) is 0 Å². The number of primary amides is 1. The van der Waals surface area contributed by atoms with Crippen molar-refractivity contribution in [2.75, 3.05) is 6.54 Å². The Morgan fingerprint density at radius 1 is 1.24 bits per heavy atom. The number of allylic oxidation sites excluding steroid dienone is 2. The summed E-state index contributed by atoms with van der Waals surface area (Å²) < 4.78 is 0. The van der Waals surface area contributed by atoms with E-state index < -0.39 is 5.91 Å². The second kappa shape index (κ2) is 3.42. The summed E-state index contributed by atoms with van der Waals surface area (Å²) in [7, 11) is 0. The summed E-state index contributed by atoms with van der Waals surface area (Å²) in [5, 5.41) is 0. The van der Waals surface area contributed by atoms with Gasteiger partial charge in [0.2, 0.25) is 17.7 Å². The van der Waals surface area contributed by atoms with Crippen LogP contribution in [0.1, 0.15) is 12.8 Å². The average molecular weight is 234 g/mol. The summed E-state index contributed by atoms with van der Waals surface area (Å²) in [5.41, 5.74) is 5.04. The van der Waals surface area contributed by atoms with Crippen molar-refractivity contribution in [2.24, 2.45) is 29.4 Å². The third kappa shape index (κ3) is 1.34. The van der Waals surface area contributed by atoms with E-state index >= 15 is 0 Å². The van der Waals surface area contributed by atoms with Gasteiger partial charge in [-0.15, -0.1) is 0 Å². The molecule has 2 unspecified atom stereocenters. The molecule has 5 nitrogen and oxygen atoms in total. The van der Waals surface area contributed by atoms with E-state index in [4.69, 9.17) is 5.73 Å². The van der Waals surface area contributed by atoms with Crippen LogP contribution in [0.3, 0.4) is 0 Å². The normalized spacial score (nSPS) is 38.0. The predicted octanol–water partition coefficient (Wildman–Crippen LogP) is -0.331. The summed E-state index contributed by atoms with van der Waals surface area (Å²) in [6.45, 7) is 0.138. The monoisotopic (exact) mass is 234 g/mol. The van der Waals surface area contributed by atoms with Gasteiger partial charge in [-0.2, -0.15) is 0 Å². The van der Waals surface area contributed by atoms with E-state index in [9.17, 15) is 14.4 Å². The van der Waals surface area contributed by atoms with Crippen molar-refractivity contribution >= 4 is 17.7 Å². The third-order valence-corrected chi connectivity index (χ3v) is 4.14. The standard InChI is InChI=1S/C12H14N2O3/c13-8(15)3-4-14-11(16)9-6-1-2-7(5-6)10(9)12(14)17/h1-2,6-7,9-10H,3-5H2,(H2,13,15)/t6-,7+,9?,10?. The Kier molecular flexibility index (Phi) is 2.11. The molecular formula is C12H14N2O3. The zero-order chi connectivity index (χ0) is 12.2. The van der Waals surface area contributed by atoms with E-state index in [1.165, 1.54) is 4.90 Å². The van der Waals surface area contributed by atoms with Gasteiger partial charge in [0.25, 0.3) is 0 Å². The van der Waals surface area contributed by atoms with Gasteiger partial charge in [-0.1, -0.05) is 12.2 Å². The van der Waals surface area contributed by atoms with Crippen LogP contribution >= 0.6 is 0 Å². The molecule has 1 saturated heterocycles. The second-order valence-corrected chi connectivity index (χ2v) is 5.04.